The summed E-state index contributed by atoms with van der Waals surface area (Å²) in [5.41, 5.74) is 0.334. The number of carbonyl (C=O) groups is 2. The summed E-state index contributed by atoms with van der Waals surface area (Å²) in [6, 6.07) is 4.93. The van der Waals surface area contributed by atoms with E-state index in [1.807, 2.05) is 0 Å². The van der Waals surface area contributed by atoms with Crippen molar-refractivity contribution in [3.8, 4) is 0 Å². The standard InChI is InChI=1S/C15H18Cl2N2O2/c1-9-5-2-3-7-11(9)18-14(20)15(21)19-12-8-4-6-10(16)13(12)17/h4,6,8-9,11H,2-3,5,7H2,1H3,(H,18,20)(H,19,21). The molecular weight excluding hydrogens is 311 g/mol. The number of anilines is 1. The average Bonchev–Trinajstić information content (AvgIpc) is 2.46. The van der Waals surface area contributed by atoms with Crippen LogP contribution in [0.5, 0.6) is 0 Å². The Morgan fingerprint density at radius 2 is 1.86 bits per heavy atom. The molecule has 1 aliphatic carbocycles. The molecule has 1 aliphatic rings. The second-order valence-electron chi connectivity index (χ2n) is 5.40. The van der Waals surface area contributed by atoms with Crippen LogP contribution in [-0.4, -0.2) is 17.9 Å². The van der Waals surface area contributed by atoms with E-state index >= 15 is 0 Å². The molecule has 114 valence electrons. The predicted molar refractivity (Wildman–Crippen MR) is 84.7 cm³/mol. The minimum atomic E-state index is -0.725. The van der Waals surface area contributed by atoms with Crippen molar-refractivity contribution in [2.75, 3.05) is 5.32 Å². The van der Waals surface area contributed by atoms with Gasteiger partial charge >= 0.3 is 11.8 Å². The molecule has 0 radical (unpaired) electrons. The molecule has 21 heavy (non-hydrogen) atoms. The fourth-order valence-corrected chi connectivity index (χ4v) is 2.89. The Bertz CT molecular complexity index is 548. The summed E-state index contributed by atoms with van der Waals surface area (Å²) in [5, 5.41) is 5.84. The third-order valence-electron chi connectivity index (χ3n) is 3.83. The van der Waals surface area contributed by atoms with E-state index in [2.05, 4.69) is 17.6 Å². The average molecular weight is 329 g/mol. The van der Waals surface area contributed by atoms with Crippen LogP contribution in [0.25, 0.3) is 0 Å². The zero-order valence-electron chi connectivity index (χ0n) is 11.8. The molecule has 0 heterocycles. The van der Waals surface area contributed by atoms with Crippen LogP contribution in [0, 0.1) is 5.92 Å². The van der Waals surface area contributed by atoms with Gasteiger partial charge in [-0.25, -0.2) is 0 Å². The fourth-order valence-electron chi connectivity index (χ4n) is 2.54. The van der Waals surface area contributed by atoms with E-state index in [1.54, 1.807) is 18.2 Å². The van der Waals surface area contributed by atoms with E-state index in [-0.39, 0.29) is 11.1 Å². The molecule has 4 nitrogen and oxygen atoms in total. The Balaban J connectivity index is 1.96. The molecule has 2 N–H and O–H groups in total. The molecule has 2 unspecified atom stereocenters. The van der Waals surface area contributed by atoms with Crippen molar-refractivity contribution in [2.24, 2.45) is 5.92 Å². The van der Waals surface area contributed by atoms with Crippen LogP contribution in [0.3, 0.4) is 0 Å². The Hall–Kier alpha value is -1.26. The van der Waals surface area contributed by atoms with E-state index in [1.165, 1.54) is 6.42 Å². The first-order valence-electron chi connectivity index (χ1n) is 7.05. The number of hydrogen-bond donors (Lipinski definition) is 2. The highest BCUT2D eigenvalue weighted by molar-refractivity contribution is 6.45. The predicted octanol–water partition coefficient (Wildman–Crippen LogP) is 3.63. The molecule has 2 atom stereocenters. The monoisotopic (exact) mass is 328 g/mol. The molecule has 1 fully saturated rings. The lowest BCUT2D eigenvalue weighted by atomic mass is 9.86. The topological polar surface area (TPSA) is 58.2 Å². The van der Waals surface area contributed by atoms with Crippen LogP contribution in [0.1, 0.15) is 32.6 Å². The molecule has 0 spiro atoms. The third-order valence-corrected chi connectivity index (χ3v) is 4.65. The molecule has 1 saturated carbocycles. The Labute approximate surface area is 134 Å². The van der Waals surface area contributed by atoms with E-state index in [0.717, 1.165) is 19.3 Å². The van der Waals surface area contributed by atoms with Crippen molar-refractivity contribution in [1.29, 1.82) is 0 Å². The summed E-state index contributed by atoms with van der Waals surface area (Å²) in [4.78, 5) is 23.9. The lowest BCUT2D eigenvalue weighted by Gasteiger charge is -2.29. The zero-order valence-corrected chi connectivity index (χ0v) is 13.3. The van der Waals surface area contributed by atoms with Crippen LogP contribution in [0.2, 0.25) is 10.0 Å². The van der Waals surface area contributed by atoms with Crippen LogP contribution in [-0.2, 0) is 9.59 Å². The maximum Gasteiger partial charge on any atom is 0.313 e. The fraction of sp³-hybridized carbons (Fsp3) is 0.467. The molecule has 2 amide bonds. The van der Waals surface area contributed by atoms with Gasteiger partial charge in [-0.1, -0.05) is 49.0 Å². The van der Waals surface area contributed by atoms with Crippen LogP contribution >= 0.6 is 23.2 Å². The summed E-state index contributed by atoms with van der Waals surface area (Å²) in [6.45, 7) is 2.09. The molecule has 0 aliphatic heterocycles. The first-order valence-corrected chi connectivity index (χ1v) is 7.80. The number of hydrogen-bond acceptors (Lipinski definition) is 2. The number of nitrogens with one attached hydrogen (secondary N) is 2. The van der Waals surface area contributed by atoms with Crippen molar-refractivity contribution in [1.82, 2.24) is 5.32 Å². The highest BCUT2D eigenvalue weighted by atomic mass is 35.5. The second kappa shape index (κ2) is 7.14. The number of carbonyl (C=O) groups excluding carboxylic acids is 2. The number of halogens is 2. The summed E-state index contributed by atoms with van der Waals surface area (Å²) in [6.07, 6.45) is 4.25. The van der Waals surface area contributed by atoms with Gasteiger partial charge in [0.2, 0.25) is 0 Å². The van der Waals surface area contributed by atoms with Gasteiger partial charge in [0.05, 0.1) is 15.7 Å². The van der Waals surface area contributed by atoms with Gasteiger partial charge in [-0.3, -0.25) is 9.59 Å². The van der Waals surface area contributed by atoms with E-state index in [0.29, 0.717) is 16.6 Å². The highest BCUT2D eigenvalue weighted by Crippen LogP contribution is 2.29. The van der Waals surface area contributed by atoms with Crippen molar-refractivity contribution in [3.63, 3.8) is 0 Å². The van der Waals surface area contributed by atoms with Gasteiger partial charge in [0.1, 0.15) is 0 Å². The zero-order chi connectivity index (χ0) is 15.4. The van der Waals surface area contributed by atoms with Crippen molar-refractivity contribution < 1.29 is 9.59 Å². The summed E-state index contributed by atoms with van der Waals surface area (Å²) >= 11 is 11.8. The SMILES string of the molecule is CC1CCCCC1NC(=O)C(=O)Nc1cccc(Cl)c1Cl. The second-order valence-corrected chi connectivity index (χ2v) is 6.18. The molecule has 2 rings (SSSR count). The normalized spacial score (nSPS) is 21.7. The highest BCUT2D eigenvalue weighted by Gasteiger charge is 2.25. The van der Waals surface area contributed by atoms with Gasteiger partial charge in [-0.15, -0.1) is 0 Å². The van der Waals surface area contributed by atoms with Gasteiger partial charge < -0.3 is 10.6 Å². The van der Waals surface area contributed by atoms with Crippen LogP contribution < -0.4 is 10.6 Å². The molecule has 0 aromatic heterocycles. The van der Waals surface area contributed by atoms with Gasteiger partial charge in [-0.2, -0.15) is 0 Å². The maximum atomic E-state index is 12.0. The number of rotatable bonds is 2. The van der Waals surface area contributed by atoms with Gasteiger partial charge in [-0.05, 0) is 30.9 Å². The summed E-state index contributed by atoms with van der Waals surface area (Å²) in [5.74, 6) is -0.966. The Kier molecular flexibility index (Phi) is 5.48. The molecule has 0 bridgehead atoms. The van der Waals surface area contributed by atoms with E-state index in [4.69, 9.17) is 23.2 Å². The van der Waals surface area contributed by atoms with Crippen molar-refractivity contribution in [2.45, 2.75) is 38.6 Å². The quantitative estimate of drug-likeness (QED) is 0.814. The minimum Gasteiger partial charge on any atom is -0.345 e. The van der Waals surface area contributed by atoms with Gasteiger partial charge in [0.15, 0.2) is 0 Å². The minimum absolute atomic E-state index is 0.0619. The maximum absolute atomic E-state index is 12.0. The summed E-state index contributed by atoms with van der Waals surface area (Å²) in [7, 11) is 0. The first-order chi connectivity index (χ1) is 9.99. The molecular formula is C15H18Cl2N2O2. The van der Waals surface area contributed by atoms with E-state index < -0.39 is 11.8 Å². The largest absolute Gasteiger partial charge is 0.345 e. The Morgan fingerprint density at radius 1 is 1.14 bits per heavy atom. The van der Waals surface area contributed by atoms with Crippen LogP contribution in [0.15, 0.2) is 18.2 Å². The lowest BCUT2D eigenvalue weighted by molar-refractivity contribution is -0.137. The third kappa shape index (κ3) is 4.11. The summed E-state index contributed by atoms with van der Waals surface area (Å²) < 4.78 is 0. The molecule has 6 heteroatoms. The van der Waals surface area contributed by atoms with Crippen molar-refractivity contribution in [3.05, 3.63) is 28.2 Å². The van der Waals surface area contributed by atoms with Gasteiger partial charge in [0.25, 0.3) is 0 Å². The first kappa shape index (κ1) is 16.1. The number of benzene rings is 1. The van der Waals surface area contributed by atoms with Crippen LogP contribution in [0.4, 0.5) is 5.69 Å². The lowest BCUT2D eigenvalue weighted by Crippen LogP contribution is -2.45. The molecule has 1 aromatic rings. The van der Waals surface area contributed by atoms with Gasteiger partial charge in [0, 0.05) is 6.04 Å². The Morgan fingerprint density at radius 3 is 2.57 bits per heavy atom. The van der Waals surface area contributed by atoms with E-state index in [9.17, 15) is 9.59 Å². The molecule has 1 aromatic carbocycles. The van der Waals surface area contributed by atoms with Crippen molar-refractivity contribution >= 4 is 40.7 Å². The molecule has 0 saturated heterocycles. The number of amides is 2. The smallest absolute Gasteiger partial charge is 0.313 e.